The molecule has 1 N–H and O–H groups in total. The lowest BCUT2D eigenvalue weighted by atomic mass is 10.00. The second-order valence-electron chi connectivity index (χ2n) is 7.03. The molecule has 1 heterocycles. The third-order valence-corrected chi connectivity index (χ3v) is 4.98. The van der Waals surface area contributed by atoms with Crippen molar-refractivity contribution < 1.29 is 9.50 Å². The number of halogens is 1. The van der Waals surface area contributed by atoms with Gasteiger partial charge in [0, 0.05) is 18.1 Å². The van der Waals surface area contributed by atoms with Gasteiger partial charge in [0.25, 0.3) is 0 Å². The molecule has 0 radical (unpaired) electrons. The highest BCUT2D eigenvalue weighted by molar-refractivity contribution is 5.22. The van der Waals surface area contributed by atoms with Crippen LogP contribution in [0.5, 0.6) is 0 Å². The van der Waals surface area contributed by atoms with Gasteiger partial charge < -0.3 is 5.11 Å². The molecule has 1 aliphatic rings. The first-order valence-electron chi connectivity index (χ1n) is 8.21. The van der Waals surface area contributed by atoms with Gasteiger partial charge in [-0.15, -0.1) is 0 Å². The van der Waals surface area contributed by atoms with E-state index in [9.17, 15) is 9.50 Å². The molecule has 2 aromatic rings. The van der Waals surface area contributed by atoms with Crippen LogP contribution in [0.1, 0.15) is 43.9 Å². The summed E-state index contributed by atoms with van der Waals surface area (Å²) in [6.45, 7) is 5.23. The second-order valence-corrected chi connectivity index (χ2v) is 7.03. The first kappa shape index (κ1) is 16.2. The summed E-state index contributed by atoms with van der Waals surface area (Å²) < 4.78 is 13.5. The molecule has 0 aliphatic carbocycles. The van der Waals surface area contributed by atoms with Gasteiger partial charge in [-0.2, -0.15) is 0 Å². The topological polar surface area (TPSA) is 23.5 Å². The third-order valence-electron chi connectivity index (χ3n) is 4.98. The summed E-state index contributed by atoms with van der Waals surface area (Å²) >= 11 is 0. The summed E-state index contributed by atoms with van der Waals surface area (Å²) in [5, 5.41) is 10.8. The minimum Gasteiger partial charge on any atom is -0.387 e. The third kappa shape index (κ3) is 3.46. The Morgan fingerprint density at radius 3 is 2.61 bits per heavy atom. The predicted octanol–water partition coefficient (Wildman–Crippen LogP) is 4.30. The van der Waals surface area contributed by atoms with E-state index < -0.39 is 6.10 Å². The summed E-state index contributed by atoms with van der Waals surface area (Å²) in [7, 11) is 0. The maximum Gasteiger partial charge on any atom is 0.123 e. The van der Waals surface area contributed by atoms with E-state index in [-0.39, 0.29) is 17.4 Å². The lowest BCUT2D eigenvalue weighted by Gasteiger charge is -2.38. The van der Waals surface area contributed by atoms with Gasteiger partial charge in [-0.3, -0.25) is 4.90 Å². The standard InChI is InChI=1S/C20H24FNO/c1-20(2)12-11-18(19(23)16-9-6-10-17(21)13-16)22(20)14-15-7-4-3-5-8-15/h3-10,13,18-19,23H,11-12,14H2,1-2H3/t18?,19-/m0/s1. The highest BCUT2D eigenvalue weighted by Gasteiger charge is 2.42. The normalized spacial score (nSPS) is 22.2. The number of likely N-dealkylation sites (tertiary alicyclic amines) is 1. The largest absolute Gasteiger partial charge is 0.387 e. The Morgan fingerprint density at radius 1 is 1.17 bits per heavy atom. The molecule has 0 saturated carbocycles. The molecule has 1 unspecified atom stereocenters. The van der Waals surface area contributed by atoms with E-state index in [0.29, 0.717) is 5.56 Å². The van der Waals surface area contributed by atoms with Crippen LogP contribution >= 0.6 is 0 Å². The Kier molecular flexibility index (Phi) is 4.51. The molecule has 1 aliphatic heterocycles. The van der Waals surface area contributed by atoms with Crippen LogP contribution in [-0.2, 0) is 6.54 Å². The molecular weight excluding hydrogens is 289 g/mol. The van der Waals surface area contributed by atoms with Crippen LogP contribution in [0.3, 0.4) is 0 Å². The van der Waals surface area contributed by atoms with Crippen molar-refractivity contribution in [3.8, 4) is 0 Å². The number of aliphatic hydroxyl groups excluding tert-OH is 1. The molecule has 2 nitrogen and oxygen atoms in total. The minimum absolute atomic E-state index is 0.00649. The average Bonchev–Trinajstić information content (AvgIpc) is 2.83. The van der Waals surface area contributed by atoms with Gasteiger partial charge in [-0.05, 0) is 49.9 Å². The minimum atomic E-state index is -0.670. The molecule has 1 fully saturated rings. The lowest BCUT2D eigenvalue weighted by molar-refractivity contribution is 0.0275. The Hall–Kier alpha value is -1.71. The molecule has 3 rings (SSSR count). The van der Waals surface area contributed by atoms with E-state index in [1.165, 1.54) is 17.7 Å². The van der Waals surface area contributed by atoms with Crippen LogP contribution in [0.15, 0.2) is 54.6 Å². The highest BCUT2D eigenvalue weighted by atomic mass is 19.1. The van der Waals surface area contributed by atoms with Crippen molar-refractivity contribution in [3.05, 3.63) is 71.5 Å². The summed E-state index contributed by atoms with van der Waals surface area (Å²) in [4.78, 5) is 2.36. The van der Waals surface area contributed by atoms with E-state index in [0.717, 1.165) is 19.4 Å². The van der Waals surface area contributed by atoms with Crippen molar-refractivity contribution in [2.45, 2.75) is 50.9 Å². The van der Waals surface area contributed by atoms with Crippen molar-refractivity contribution in [1.29, 1.82) is 0 Å². The fourth-order valence-electron chi connectivity index (χ4n) is 3.60. The quantitative estimate of drug-likeness (QED) is 0.909. The number of rotatable bonds is 4. The van der Waals surface area contributed by atoms with Gasteiger partial charge in [0.05, 0.1) is 6.10 Å². The number of benzene rings is 2. The van der Waals surface area contributed by atoms with E-state index in [1.807, 2.05) is 18.2 Å². The Balaban J connectivity index is 1.85. The molecule has 1 saturated heterocycles. The van der Waals surface area contributed by atoms with Gasteiger partial charge in [0.1, 0.15) is 5.82 Å². The summed E-state index contributed by atoms with van der Waals surface area (Å²) in [5.41, 5.74) is 1.92. The molecule has 0 aromatic heterocycles. The van der Waals surface area contributed by atoms with E-state index in [4.69, 9.17) is 0 Å². The van der Waals surface area contributed by atoms with Crippen LogP contribution in [0.25, 0.3) is 0 Å². The molecular formula is C20H24FNO. The first-order chi connectivity index (χ1) is 11.0. The van der Waals surface area contributed by atoms with Gasteiger partial charge in [0.15, 0.2) is 0 Å². The molecule has 2 aromatic carbocycles. The van der Waals surface area contributed by atoms with E-state index in [1.54, 1.807) is 12.1 Å². The van der Waals surface area contributed by atoms with Crippen molar-refractivity contribution in [2.24, 2.45) is 0 Å². The Morgan fingerprint density at radius 2 is 1.91 bits per heavy atom. The van der Waals surface area contributed by atoms with Crippen molar-refractivity contribution in [3.63, 3.8) is 0 Å². The second kappa shape index (κ2) is 6.42. The van der Waals surface area contributed by atoms with Crippen molar-refractivity contribution in [2.75, 3.05) is 0 Å². The van der Waals surface area contributed by atoms with Crippen LogP contribution in [0.4, 0.5) is 4.39 Å². The lowest BCUT2D eigenvalue weighted by Crippen LogP contribution is -2.44. The maximum absolute atomic E-state index is 13.5. The SMILES string of the molecule is CC1(C)CCC([C@@H](O)c2cccc(F)c2)N1Cc1ccccc1. The monoisotopic (exact) mass is 313 g/mol. The van der Waals surface area contributed by atoms with E-state index >= 15 is 0 Å². The smallest absolute Gasteiger partial charge is 0.123 e. The van der Waals surface area contributed by atoms with Gasteiger partial charge >= 0.3 is 0 Å². The van der Waals surface area contributed by atoms with Crippen LogP contribution in [0.2, 0.25) is 0 Å². The molecule has 2 atom stereocenters. The number of aliphatic hydroxyl groups is 1. The molecule has 23 heavy (non-hydrogen) atoms. The fraction of sp³-hybridized carbons (Fsp3) is 0.400. The zero-order valence-electron chi connectivity index (χ0n) is 13.7. The fourth-order valence-corrected chi connectivity index (χ4v) is 3.60. The highest BCUT2D eigenvalue weighted by Crippen LogP contribution is 2.40. The summed E-state index contributed by atoms with van der Waals surface area (Å²) in [6, 6.07) is 16.6. The summed E-state index contributed by atoms with van der Waals surface area (Å²) in [5.74, 6) is -0.298. The van der Waals surface area contributed by atoms with E-state index in [2.05, 4.69) is 30.9 Å². The number of hydrogen-bond donors (Lipinski definition) is 1. The molecule has 122 valence electrons. The zero-order chi connectivity index (χ0) is 16.4. The van der Waals surface area contributed by atoms with Crippen LogP contribution in [-0.4, -0.2) is 21.6 Å². The number of hydrogen-bond acceptors (Lipinski definition) is 2. The molecule has 0 bridgehead atoms. The van der Waals surface area contributed by atoms with Gasteiger partial charge in [-0.1, -0.05) is 42.5 Å². The van der Waals surface area contributed by atoms with Crippen LogP contribution < -0.4 is 0 Å². The van der Waals surface area contributed by atoms with Crippen LogP contribution in [0, 0.1) is 5.82 Å². The average molecular weight is 313 g/mol. The molecule has 3 heteroatoms. The first-order valence-corrected chi connectivity index (χ1v) is 8.21. The zero-order valence-corrected chi connectivity index (χ0v) is 13.7. The van der Waals surface area contributed by atoms with Crippen molar-refractivity contribution in [1.82, 2.24) is 4.90 Å². The summed E-state index contributed by atoms with van der Waals surface area (Å²) in [6.07, 6.45) is 1.27. The van der Waals surface area contributed by atoms with Crippen molar-refractivity contribution >= 4 is 0 Å². The van der Waals surface area contributed by atoms with Gasteiger partial charge in [-0.25, -0.2) is 4.39 Å². The molecule has 0 spiro atoms. The Bertz CT molecular complexity index is 656. The predicted molar refractivity (Wildman–Crippen MR) is 90.4 cm³/mol. The number of nitrogens with zero attached hydrogens (tertiary/aromatic N) is 1. The van der Waals surface area contributed by atoms with Gasteiger partial charge in [0.2, 0.25) is 0 Å². The molecule has 0 amide bonds. The Labute approximate surface area is 137 Å². The maximum atomic E-state index is 13.5.